The Hall–Kier alpha value is -3.19. The highest BCUT2D eigenvalue weighted by Crippen LogP contribution is 2.30. The summed E-state index contributed by atoms with van der Waals surface area (Å²) in [5, 5.41) is 18.0. The minimum Gasteiger partial charge on any atom is -0.506 e. The van der Waals surface area contributed by atoms with Gasteiger partial charge in [0.2, 0.25) is 0 Å². The number of pyridine rings is 1. The quantitative estimate of drug-likeness (QED) is 0.640. The van der Waals surface area contributed by atoms with Crippen LogP contribution in [0.4, 0.5) is 0 Å². The van der Waals surface area contributed by atoms with Gasteiger partial charge in [0.25, 0.3) is 5.91 Å². The van der Waals surface area contributed by atoms with Gasteiger partial charge in [-0.15, -0.1) is 0 Å². The van der Waals surface area contributed by atoms with E-state index in [1.54, 1.807) is 10.7 Å². The molecule has 3 aromatic rings. The summed E-state index contributed by atoms with van der Waals surface area (Å²) in [7, 11) is 0. The van der Waals surface area contributed by atoms with Gasteiger partial charge in [-0.25, -0.2) is 4.68 Å². The highest BCUT2D eigenvalue weighted by atomic mass is 16.3. The van der Waals surface area contributed by atoms with Crippen molar-refractivity contribution in [3.05, 3.63) is 71.3 Å². The maximum absolute atomic E-state index is 12.8. The summed E-state index contributed by atoms with van der Waals surface area (Å²) in [5.74, 6) is 0.280. The first-order valence-electron chi connectivity index (χ1n) is 10.9. The molecule has 7 heteroatoms. The number of aromatic hydroxyl groups is 1. The molecule has 3 heterocycles. The van der Waals surface area contributed by atoms with Crippen LogP contribution in [0.25, 0.3) is 5.69 Å². The number of rotatable bonds is 6. The van der Waals surface area contributed by atoms with Gasteiger partial charge in [-0.1, -0.05) is 18.2 Å². The molecule has 2 aromatic heterocycles. The molecule has 1 fully saturated rings. The molecule has 1 amide bonds. The van der Waals surface area contributed by atoms with Crippen LogP contribution in [0.15, 0.2) is 48.7 Å². The number of aryl methyl sites for hydroxylation is 1. The predicted octanol–water partition coefficient (Wildman–Crippen LogP) is 3.41. The molecule has 1 aromatic carbocycles. The molecule has 1 atom stereocenters. The summed E-state index contributed by atoms with van der Waals surface area (Å²) in [5.41, 5.74) is 3.98. The molecule has 0 radical (unpaired) electrons. The zero-order chi connectivity index (χ0) is 21.8. The Morgan fingerprint density at radius 3 is 2.81 bits per heavy atom. The standard InChI is InChI=1S/C24H29N5O2/c1-3-25-24(31)20-15-29(19-9-5-4-6-10-19)27-23(20)18-8-7-13-28(14-18)16-21-22(30)12-11-17(2)26-21/h4-6,9-12,15,18,30H,3,7-8,13-14,16H2,1-2H3,(H,25,31). The number of aromatic nitrogens is 3. The largest absolute Gasteiger partial charge is 0.506 e. The number of hydrogen-bond donors (Lipinski definition) is 2. The van der Waals surface area contributed by atoms with Crippen molar-refractivity contribution in [3.63, 3.8) is 0 Å². The molecule has 4 rings (SSSR count). The number of nitrogens with zero attached hydrogens (tertiary/aromatic N) is 4. The van der Waals surface area contributed by atoms with Gasteiger partial charge in [0.1, 0.15) is 5.75 Å². The van der Waals surface area contributed by atoms with Crippen LogP contribution in [0, 0.1) is 6.92 Å². The molecule has 31 heavy (non-hydrogen) atoms. The summed E-state index contributed by atoms with van der Waals surface area (Å²) in [6, 6.07) is 13.4. The van der Waals surface area contributed by atoms with E-state index in [2.05, 4.69) is 15.2 Å². The minimum atomic E-state index is -0.0881. The molecule has 1 unspecified atom stereocenters. The highest BCUT2D eigenvalue weighted by Gasteiger charge is 2.29. The third-order valence-electron chi connectivity index (χ3n) is 5.70. The zero-order valence-corrected chi connectivity index (χ0v) is 18.1. The Morgan fingerprint density at radius 1 is 1.23 bits per heavy atom. The lowest BCUT2D eigenvalue weighted by atomic mass is 9.92. The Labute approximate surface area is 182 Å². The first-order chi connectivity index (χ1) is 15.0. The lowest BCUT2D eigenvalue weighted by Gasteiger charge is -2.32. The van der Waals surface area contributed by atoms with E-state index in [-0.39, 0.29) is 17.6 Å². The van der Waals surface area contributed by atoms with Gasteiger partial charge < -0.3 is 10.4 Å². The number of para-hydroxylation sites is 1. The Balaban J connectivity index is 1.60. The second-order valence-electron chi connectivity index (χ2n) is 8.06. The monoisotopic (exact) mass is 419 g/mol. The smallest absolute Gasteiger partial charge is 0.254 e. The van der Waals surface area contributed by atoms with Crippen LogP contribution < -0.4 is 5.32 Å². The minimum absolute atomic E-state index is 0.0881. The molecule has 1 saturated heterocycles. The van der Waals surface area contributed by atoms with Crippen LogP contribution in [-0.4, -0.2) is 50.3 Å². The number of hydrogen-bond acceptors (Lipinski definition) is 5. The lowest BCUT2D eigenvalue weighted by molar-refractivity contribution is 0.0953. The molecule has 1 aliphatic rings. The molecule has 1 aliphatic heterocycles. The first kappa shape index (κ1) is 21.1. The van der Waals surface area contributed by atoms with Gasteiger partial charge in [0.15, 0.2) is 0 Å². The van der Waals surface area contributed by atoms with Crippen molar-refractivity contribution in [2.45, 2.75) is 39.2 Å². The summed E-state index contributed by atoms with van der Waals surface area (Å²) in [6.07, 6.45) is 3.81. The number of piperidine rings is 1. The van der Waals surface area contributed by atoms with Crippen molar-refractivity contribution in [2.75, 3.05) is 19.6 Å². The second kappa shape index (κ2) is 9.31. The summed E-state index contributed by atoms with van der Waals surface area (Å²) in [4.78, 5) is 19.6. The molecule has 2 N–H and O–H groups in total. The Morgan fingerprint density at radius 2 is 2.03 bits per heavy atom. The van der Waals surface area contributed by atoms with Crippen molar-refractivity contribution in [1.29, 1.82) is 0 Å². The third kappa shape index (κ3) is 4.77. The molecule has 162 valence electrons. The summed E-state index contributed by atoms with van der Waals surface area (Å²) >= 11 is 0. The van der Waals surface area contributed by atoms with Crippen LogP contribution in [-0.2, 0) is 6.54 Å². The molecular weight excluding hydrogens is 390 g/mol. The van der Waals surface area contributed by atoms with Gasteiger partial charge in [0, 0.05) is 37.4 Å². The van der Waals surface area contributed by atoms with Crippen molar-refractivity contribution < 1.29 is 9.90 Å². The van der Waals surface area contributed by atoms with Crippen LogP contribution >= 0.6 is 0 Å². The second-order valence-corrected chi connectivity index (χ2v) is 8.06. The van der Waals surface area contributed by atoms with Crippen LogP contribution in [0.5, 0.6) is 5.75 Å². The number of benzene rings is 1. The average molecular weight is 420 g/mol. The normalized spacial score (nSPS) is 16.9. The van der Waals surface area contributed by atoms with Crippen molar-refractivity contribution in [3.8, 4) is 11.4 Å². The van der Waals surface area contributed by atoms with E-state index < -0.39 is 0 Å². The van der Waals surface area contributed by atoms with E-state index >= 15 is 0 Å². The van der Waals surface area contributed by atoms with Crippen LogP contribution in [0.1, 0.15) is 53.1 Å². The predicted molar refractivity (Wildman–Crippen MR) is 119 cm³/mol. The number of carbonyl (C=O) groups excluding carboxylic acids is 1. The number of carbonyl (C=O) groups is 1. The van der Waals surface area contributed by atoms with Crippen molar-refractivity contribution in [2.24, 2.45) is 0 Å². The Kier molecular flexibility index (Phi) is 6.32. The summed E-state index contributed by atoms with van der Waals surface area (Å²) in [6.45, 7) is 6.71. The van der Waals surface area contributed by atoms with E-state index in [0.29, 0.717) is 24.3 Å². The number of nitrogens with one attached hydrogen (secondary N) is 1. The number of likely N-dealkylation sites (tertiary alicyclic amines) is 1. The topological polar surface area (TPSA) is 83.3 Å². The third-order valence-corrected chi connectivity index (χ3v) is 5.70. The van der Waals surface area contributed by atoms with Gasteiger partial charge in [-0.05, 0) is 57.5 Å². The van der Waals surface area contributed by atoms with Gasteiger partial charge >= 0.3 is 0 Å². The SMILES string of the molecule is CCNC(=O)c1cn(-c2ccccc2)nc1C1CCCN(Cc2nc(C)ccc2O)C1. The molecule has 7 nitrogen and oxygen atoms in total. The molecule has 0 bridgehead atoms. The zero-order valence-electron chi connectivity index (χ0n) is 18.1. The van der Waals surface area contributed by atoms with Crippen molar-refractivity contribution >= 4 is 5.91 Å². The number of amides is 1. The van der Waals surface area contributed by atoms with E-state index in [4.69, 9.17) is 5.10 Å². The fourth-order valence-electron chi connectivity index (χ4n) is 4.19. The fourth-order valence-corrected chi connectivity index (χ4v) is 4.19. The maximum atomic E-state index is 12.8. The lowest BCUT2D eigenvalue weighted by Crippen LogP contribution is -2.35. The van der Waals surface area contributed by atoms with Gasteiger partial charge in [-0.3, -0.25) is 14.7 Å². The molecule has 0 aliphatic carbocycles. The first-order valence-corrected chi connectivity index (χ1v) is 10.9. The molecule has 0 spiro atoms. The molecular formula is C24H29N5O2. The van der Waals surface area contributed by atoms with E-state index in [1.165, 1.54) is 0 Å². The van der Waals surface area contributed by atoms with Crippen molar-refractivity contribution in [1.82, 2.24) is 25.0 Å². The van der Waals surface area contributed by atoms with E-state index in [9.17, 15) is 9.90 Å². The fraction of sp³-hybridized carbons (Fsp3) is 0.375. The Bertz CT molecular complexity index is 1050. The van der Waals surface area contributed by atoms with Crippen LogP contribution in [0.2, 0.25) is 0 Å². The molecule has 0 saturated carbocycles. The van der Waals surface area contributed by atoms with Crippen LogP contribution in [0.3, 0.4) is 0 Å². The highest BCUT2D eigenvalue weighted by molar-refractivity contribution is 5.95. The van der Waals surface area contributed by atoms with Gasteiger partial charge in [-0.2, -0.15) is 5.10 Å². The van der Waals surface area contributed by atoms with E-state index in [1.807, 2.05) is 56.4 Å². The van der Waals surface area contributed by atoms with Gasteiger partial charge in [0.05, 0.1) is 22.6 Å². The maximum Gasteiger partial charge on any atom is 0.254 e. The van der Waals surface area contributed by atoms with E-state index in [0.717, 1.165) is 43.0 Å². The summed E-state index contributed by atoms with van der Waals surface area (Å²) < 4.78 is 1.80. The average Bonchev–Trinajstić information content (AvgIpc) is 3.23.